The number of rotatable bonds is 11. The maximum atomic E-state index is 7.81. The lowest BCUT2D eigenvalue weighted by Crippen LogP contribution is -2.29. The van der Waals surface area contributed by atoms with Crippen molar-refractivity contribution in [3.8, 4) is 11.1 Å². The maximum Gasteiger partial charge on any atom is 0.160 e. The number of anilines is 9. The fourth-order valence-electron chi connectivity index (χ4n) is 16.7. The van der Waals surface area contributed by atoms with Gasteiger partial charge in [-0.05, 0) is 164 Å². The summed E-state index contributed by atoms with van der Waals surface area (Å²) in [7, 11) is 0. The van der Waals surface area contributed by atoms with Crippen LogP contribution in [0.5, 0.6) is 0 Å². The average Bonchev–Trinajstić information content (AvgIpc) is 1.50. The molecular formula is C97H77N3O4. The molecule has 0 radical (unpaired) electrons. The topological polar surface area (TPSA) is 62.3 Å². The van der Waals surface area contributed by atoms with Crippen LogP contribution in [0.3, 0.4) is 0 Å². The van der Waals surface area contributed by atoms with Crippen LogP contribution in [-0.2, 0) is 21.7 Å². The van der Waals surface area contributed by atoms with Gasteiger partial charge in [-0.3, -0.25) is 0 Å². The molecule has 7 heteroatoms. The number of furan rings is 4. The first-order valence-electron chi connectivity index (χ1n) is 36.2. The van der Waals surface area contributed by atoms with Gasteiger partial charge in [0.1, 0.15) is 27.9 Å². The molecule has 1 unspecified atom stereocenters. The van der Waals surface area contributed by atoms with Crippen LogP contribution in [0.25, 0.3) is 98.9 Å². The molecular weight excluding hydrogens is 1270 g/mol. The van der Waals surface area contributed by atoms with Gasteiger partial charge in [0.05, 0.1) is 33.6 Å². The van der Waals surface area contributed by atoms with E-state index in [2.05, 4.69) is 374 Å². The van der Waals surface area contributed by atoms with Crippen molar-refractivity contribution in [2.75, 3.05) is 14.7 Å². The molecule has 1 atom stereocenters. The minimum Gasteiger partial charge on any atom is -0.455 e. The van der Waals surface area contributed by atoms with E-state index >= 15 is 0 Å². The molecule has 19 rings (SSSR count). The van der Waals surface area contributed by atoms with Crippen molar-refractivity contribution in [1.29, 1.82) is 0 Å². The Hall–Kier alpha value is -12.3. The zero-order valence-corrected chi connectivity index (χ0v) is 59.8. The lowest BCUT2D eigenvalue weighted by Gasteiger charge is -2.36. The van der Waals surface area contributed by atoms with Crippen LogP contribution in [0.4, 0.5) is 51.2 Å². The van der Waals surface area contributed by atoms with E-state index in [1.807, 2.05) is 6.07 Å². The third-order valence-electron chi connectivity index (χ3n) is 21.8. The smallest absolute Gasteiger partial charge is 0.160 e. The predicted molar refractivity (Wildman–Crippen MR) is 433 cm³/mol. The van der Waals surface area contributed by atoms with Crippen molar-refractivity contribution in [2.24, 2.45) is 0 Å². The molecule has 0 amide bonds. The van der Waals surface area contributed by atoms with Crippen molar-refractivity contribution in [2.45, 2.75) is 84.0 Å². The highest BCUT2D eigenvalue weighted by atomic mass is 16.3. The Morgan fingerprint density at radius 2 is 0.567 bits per heavy atom. The molecule has 0 saturated carbocycles. The first-order chi connectivity index (χ1) is 50.5. The SMILES string of the molecule is CC(C)(C)c1ccc(N(c2ccc(C(C)(C)C)cc2)c2ccc(C3(c4ccc(C(C)(C)C)cc4)c4cc(N(c5ccccc5)c5cccc6c5oc5ccccc56)c5c(oc6ccccc65)c4-c4c3cc(N(c3ccccc3)c3cccc5c3oc3ccccc35)c3oc5ccccc5c43)cc2)cc1. The molecule has 0 fully saturated rings. The highest BCUT2D eigenvalue weighted by Crippen LogP contribution is 2.65. The van der Waals surface area contributed by atoms with Gasteiger partial charge in [-0.25, -0.2) is 0 Å². The first kappa shape index (κ1) is 62.7. The highest BCUT2D eigenvalue weighted by Gasteiger charge is 2.51. The van der Waals surface area contributed by atoms with E-state index in [4.69, 9.17) is 17.7 Å². The summed E-state index contributed by atoms with van der Waals surface area (Å²) in [5.41, 5.74) is 23.5. The lowest BCUT2D eigenvalue weighted by atomic mass is 9.67. The Balaban J connectivity index is 0.987. The summed E-state index contributed by atoms with van der Waals surface area (Å²) in [6.07, 6.45) is 0. The number of para-hydroxylation sites is 8. The third kappa shape index (κ3) is 9.70. The lowest BCUT2D eigenvalue weighted by molar-refractivity contribution is 0.589. The summed E-state index contributed by atoms with van der Waals surface area (Å²) >= 11 is 0. The molecule has 4 heterocycles. The zero-order valence-electron chi connectivity index (χ0n) is 59.8. The standard InChI is InChI=1S/C97H77N3O4/c1-94(2,3)60-42-44-63(45-43-60)97(64-50-56-69(57-51-64)98(67-52-46-61(47-53-67)95(4,5)6)68-54-48-62(49-55-68)96(7,8)9)76-59-81(100(66-28-14-11-15-29-66)79-37-25-35-73-71-31-17-21-39-83(71)102-91(73)79)92-87(75-33-19-23-41-85(75)103-92)88(76)89-77(97)58-80(86-74-32-18-22-40-84(74)104-93(86)89)99(65-26-12-10-13-27-65)78-36-24-34-72-70-30-16-20-38-82(70)101-90(72)78/h10-59H,1-9H3. The molecule has 0 aliphatic heterocycles. The molecule has 1 aliphatic rings. The minimum atomic E-state index is -1.13. The molecule has 0 N–H and O–H groups in total. The third-order valence-corrected chi connectivity index (χ3v) is 21.8. The molecule has 14 aromatic carbocycles. The molecule has 0 saturated heterocycles. The zero-order chi connectivity index (χ0) is 70.5. The van der Waals surface area contributed by atoms with Gasteiger partial charge >= 0.3 is 0 Å². The van der Waals surface area contributed by atoms with E-state index in [9.17, 15) is 0 Å². The predicted octanol–water partition coefficient (Wildman–Crippen LogP) is 27.9. The Bertz CT molecular complexity index is 6340. The molecule has 18 aromatic rings. The molecule has 0 spiro atoms. The number of hydrogen-bond donors (Lipinski definition) is 0. The van der Waals surface area contributed by atoms with Crippen molar-refractivity contribution < 1.29 is 17.7 Å². The van der Waals surface area contributed by atoms with Gasteiger partial charge in [0, 0.05) is 77.3 Å². The summed E-state index contributed by atoms with van der Waals surface area (Å²) < 4.78 is 29.7. The van der Waals surface area contributed by atoms with Crippen molar-refractivity contribution in [3.05, 3.63) is 342 Å². The summed E-state index contributed by atoms with van der Waals surface area (Å²) in [6.45, 7) is 20.6. The molecule has 1 aliphatic carbocycles. The molecule has 4 aromatic heterocycles. The van der Waals surface area contributed by atoms with Gasteiger partial charge in [0.25, 0.3) is 0 Å². The van der Waals surface area contributed by atoms with Crippen molar-refractivity contribution in [1.82, 2.24) is 0 Å². The summed E-state index contributed by atoms with van der Waals surface area (Å²) in [5.74, 6) is 0. The van der Waals surface area contributed by atoms with Crippen LogP contribution in [-0.4, -0.2) is 0 Å². The first-order valence-corrected chi connectivity index (χ1v) is 36.2. The van der Waals surface area contributed by atoms with E-state index < -0.39 is 5.41 Å². The largest absolute Gasteiger partial charge is 0.455 e. The van der Waals surface area contributed by atoms with E-state index in [0.29, 0.717) is 0 Å². The van der Waals surface area contributed by atoms with E-state index in [-0.39, 0.29) is 16.2 Å². The Morgan fingerprint density at radius 3 is 1.03 bits per heavy atom. The normalized spacial score (nSPS) is 14.0. The molecule has 0 bridgehead atoms. The fourth-order valence-corrected chi connectivity index (χ4v) is 16.7. The van der Waals surface area contributed by atoms with E-state index in [0.717, 1.165) is 172 Å². The summed E-state index contributed by atoms with van der Waals surface area (Å²) in [4.78, 5) is 7.20. The van der Waals surface area contributed by atoms with E-state index in [1.165, 1.54) is 16.7 Å². The van der Waals surface area contributed by atoms with Crippen LogP contribution < -0.4 is 14.7 Å². The van der Waals surface area contributed by atoms with Crippen LogP contribution in [0.1, 0.15) is 101 Å². The van der Waals surface area contributed by atoms with Crippen LogP contribution in [0.2, 0.25) is 0 Å². The van der Waals surface area contributed by atoms with Gasteiger partial charge in [0.2, 0.25) is 0 Å². The van der Waals surface area contributed by atoms with Gasteiger partial charge < -0.3 is 32.4 Å². The molecule has 504 valence electrons. The molecule has 7 nitrogen and oxygen atoms in total. The van der Waals surface area contributed by atoms with E-state index in [1.54, 1.807) is 0 Å². The quantitative estimate of drug-likeness (QED) is 0.128. The molecule has 104 heavy (non-hydrogen) atoms. The number of benzene rings is 14. The van der Waals surface area contributed by atoms with Crippen LogP contribution in [0.15, 0.2) is 321 Å². The maximum absolute atomic E-state index is 7.81. The van der Waals surface area contributed by atoms with Gasteiger partial charge in [-0.1, -0.05) is 256 Å². The van der Waals surface area contributed by atoms with Crippen LogP contribution >= 0.6 is 0 Å². The second kappa shape index (κ2) is 23.4. The Morgan fingerprint density at radius 1 is 0.240 bits per heavy atom. The van der Waals surface area contributed by atoms with Gasteiger partial charge in [-0.15, -0.1) is 0 Å². The van der Waals surface area contributed by atoms with Gasteiger partial charge in [-0.2, -0.15) is 0 Å². The minimum absolute atomic E-state index is 0.0353. The van der Waals surface area contributed by atoms with Crippen molar-refractivity contribution >= 4 is 139 Å². The number of nitrogens with zero attached hydrogens (tertiary/aromatic N) is 3. The second-order valence-electron chi connectivity index (χ2n) is 31.1. The monoisotopic (exact) mass is 1350 g/mol. The number of hydrogen-bond acceptors (Lipinski definition) is 7. The second-order valence-corrected chi connectivity index (χ2v) is 31.1. The number of fused-ring (bicyclic) bond motifs is 17. The average molecular weight is 1350 g/mol. The van der Waals surface area contributed by atoms with Crippen molar-refractivity contribution in [3.63, 3.8) is 0 Å². The summed E-state index contributed by atoms with van der Waals surface area (Å²) in [5, 5.41) is 8.06. The Kier molecular flexibility index (Phi) is 14.1. The summed E-state index contributed by atoms with van der Waals surface area (Å²) in [6, 6.07) is 111. The fraction of sp³-hybridized carbons (Fsp3) is 0.134. The van der Waals surface area contributed by atoms with Gasteiger partial charge in [0.15, 0.2) is 16.7 Å². The Labute approximate surface area is 605 Å². The van der Waals surface area contributed by atoms with Crippen LogP contribution in [0, 0.1) is 0 Å². The highest BCUT2D eigenvalue weighted by molar-refractivity contribution is 6.27.